The fourth-order valence-corrected chi connectivity index (χ4v) is 2.37. The maximum Gasteiger partial charge on any atom is 0.320 e. The van der Waals surface area contributed by atoms with Gasteiger partial charge in [0.15, 0.2) is 0 Å². The summed E-state index contributed by atoms with van der Waals surface area (Å²) >= 11 is 0. The molecule has 0 bridgehead atoms. The summed E-state index contributed by atoms with van der Waals surface area (Å²) in [5.41, 5.74) is 5.86. The number of amides is 1. The van der Waals surface area contributed by atoms with E-state index in [2.05, 4.69) is 4.98 Å². The fraction of sp³-hybridized carbons (Fsp3) is 0.615. The second-order valence-electron chi connectivity index (χ2n) is 5.13. The zero-order chi connectivity index (χ0) is 15.4. The van der Waals surface area contributed by atoms with Crippen molar-refractivity contribution in [1.82, 2.24) is 19.4 Å². The Labute approximate surface area is 123 Å². The van der Waals surface area contributed by atoms with Crippen LogP contribution in [0, 0.1) is 0 Å². The monoisotopic (exact) mass is 295 g/mol. The van der Waals surface area contributed by atoms with Crippen LogP contribution >= 0.6 is 0 Å². The molecule has 2 rings (SSSR count). The highest BCUT2D eigenvalue weighted by Crippen LogP contribution is 2.10. The number of carbonyl (C=O) groups is 2. The Kier molecular flexibility index (Phi) is 4.92. The highest BCUT2D eigenvalue weighted by Gasteiger charge is 2.28. The molecule has 0 aromatic carbocycles. The first-order valence-electron chi connectivity index (χ1n) is 7.01. The van der Waals surface area contributed by atoms with Crippen LogP contribution in [0.15, 0.2) is 12.5 Å². The second-order valence-corrected chi connectivity index (χ2v) is 5.13. The van der Waals surface area contributed by atoms with Crippen molar-refractivity contribution in [2.75, 3.05) is 32.7 Å². The van der Waals surface area contributed by atoms with Gasteiger partial charge in [-0.1, -0.05) is 0 Å². The van der Waals surface area contributed by atoms with Crippen molar-refractivity contribution in [3.05, 3.63) is 18.2 Å². The number of nitrogens with zero attached hydrogens (tertiary/aromatic N) is 4. The van der Waals surface area contributed by atoms with Crippen LogP contribution in [-0.4, -0.2) is 75.1 Å². The lowest BCUT2D eigenvalue weighted by molar-refractivity contribution is -0.143. The number of carbonyl (C=O) groups excluding carboxylic acids is 1. The Morgan fingerprint density at radius 3 is 2.62 bits per heavy atom. The summed E-state index contributed by atoms with van der Waals surface area (Å²) in [6, 6.07) is -0.522. The molecule has 1 amide bonds. The lowest BCUT2D eigenvalue weighted by Crippen LogP contribution is -2.53. The minimum Gasteiger partial charge on any atom is -0.480 e. The molecule has 0 aliphatic carbocycles. The van der Waals surface area contributed by atoms with Crippen LogP contribution in [0.1, 0.15) is 17.4 Å². The molecule has 1 aromatic heterocycles. The lowest BCUT2D eigenvalue weighted by Gasteiger charge is -2.36. The number of hydrogen-bond donors (Lipinski definition) is 2. The summed E-state index contributed by atoms with van der Waals surface area (Å²) in [6.45, 7) is 4.93. The molecule has 2 heterocycles. The summed E-state index contributed by atoms with van der Waals surface area (Å²) in [4.78, 5) is 30.9. The normalized spacial score (nSPS) is 17.7. The van der Waals surface area contributed by atoms with Gasteiger partial charge < -0.3 is 20.3 Å². The number of rotatable bonds is 5. The van der Waals surface area contributed by atoms with E-state index in [1.807, 2.05) is 4.90 Å². The van der Waals surface area contributed by atoms with Gasteiger partial charge in [-0.15, -0.1) is 0 Å². The summed E-state index contributed by atoms with van der Waals surface area (Å²) in [6.07, 6.45) is 3.30. The smallest absolute Gasteiger partial charge is 0.320 e. The van der Waals surface area contributed by atoms with Gasteiger partial charge in [-0.25, -0.2) is 4.98 Å². The Bertz CT molecular complexity index is 508. The molecule has 1 aliphatic rings. The molecular weight excluding hydrogens is 274 g/mol. The molecule has 1 aromatic rings. The maximum absolute atomic E-state index is 12.3. The van der Waals surface area contributed by atoms with E-state index in [1.54, 1.807) is 28.9 Å². The van der Waals surface area contributed by atoms with Crippen molar-refractivity contribution < 1.29 is 14.7 Å². The number of carboxylic acid groups (broad SMARTS) is 1. The Hall–Kier alpha value is -1.93. The molecule has 0 radical (unpaired) electrons. The summed E-state index contributed by atoms with van der Waals surface area (Å²) in [7, 11) is 0. The molecule has 8 heteroatoms. The van der Waals surface area contributed by atoms with E-state index in [9.17, 15) is 9.59 Å². The van der Waals surface area contributed by atoms with Gasteiger partial charge in [0, 0.05) is 45.5 Å². The first-order chi connectivity index (χ1) is 10.0. The molecule has 0 saturated carbocycles. The van der Waals surface area contributed by atoms with E-state index in [-0.39, 0.29) is 5.91 Å². The lowest BCUT2D eigenvalue weighted by atomic mass is 10.2. The third-order valence-electron chi connectivity index (χ3n) is 3.75. The summed E-state index contributed by atoms with van der Waals surface area (Å²) in [5.74, 6) is -0.955. The third-order valence-corrected chi connectivity index (χ3v) is 3.75. The molecular formula is C13H21N5O3. The molecule has 1 saturated heterocycles. The quantitative estimate of drug-likeness (QED) is 0.727. The number of hydrogen-bond acceptors (Lipinski definition) is 5. The molecule has 21 heavy (non-hydrogen) atoms. The predicted octanol–water partition coefficient (Wildman–Crippen LogP) is -0.927. The summed E-state index contributed by atoms with van der Waals surface area (Å²) in [5, 5.41) is 9.00. The SMILES string of the molecule is CC(C(=O)O)N1CCN(C(=O)c2cn(CCN)cn2)CC1. The second kappa shape index (κ2) is 6.68. The van der Waals surface area contributed by atoms with Crippen LogP contribution in [-0.2, 0) is 11.3 Å². The van der Waals surface area contributed by atoms with Crippen LogP contribution in [0.25, 0.3) is 0 Å². The van der Waals surface area contributed by atoms with Gasteiger partial charge >= 0.3 is 5.97 Å². The third kappa shape index (κ3) is 3.59. The predicted molar refractivity (Wildman–Crippen MR) is 75.9 cm³/mol. The van der Waals surface area contributed by atoms with E-state index in [1.165, 1.54) is 0 Å². The molecule has 116 valence electrons. The van der Waals surface area contributed by atoms with E-state index < -0.39 is 12.0 Å². The Morgan fingerprint density at radius 2 is 2.05 bits per heavy atom. The summed E-state index contributed by atoms with van der Waals surface area (Å²) < 4.78 is 1.79. The van der Waals surface area contributed by atoms with Crippen LogP contribution in [0.4, 0.5) is 0 Å². The fourth-order valence-electron chi connectivity index (χ4n) is 2.37. The number of aromatic nitrogens is 2. The van der Waals surface area contributed by atoms with Crippen molar-refractivity contribution in [3.8, 4) is 0 Å². The highest BCUT2D eigenvalue weighted by atomic mass is 16.4. The maximum atomic E-state index is 12.3. The van der Waals surface area contributed by atoms with Gasteiger partial charge in [-0.05, 0) is 6.92 Å². The zero-order valence-electron chi connectivity index (χ0n) is 12.1. The van der Waals surface area contributed by atoms with Gasteiger partial charge in [-0.3, -0.25) is 14.5 Å². The minimum absolute atomic E-state index is 0.117. The number of aliphatic carboxylic acids is 1. The van der Waals surface area contributed by atoms with Crippen molar-refractivity contribution in [2.24, 2.45) is 5.73 Å². The van der Waals surface area contributed by atoms with Gasteiger partial charge in [0.25, 0.3) is 5.91 Å². The molecule has 1 fully saturated rings. The molecule has 8 nitrogen and oxygen atoms in total. The van der Waals surface area contributed by atoms with Gasteiger partial charge in [-0.2, -0.15) is 0 Å². The first kappa shape index (κ1) is 15.5. The van der Waals surface area contributed by atoms with Gasteiger partial charge in [0.05, 0.1) is 6.33 Å². The molecule has 3 N–H and O–H groups in total. The van der Waals surface area contributed by atoms with Gasteiger partial charge in [0.2, 0.25) is 0 Å². The number of carboxylic acids is 1. The van der Waals surface area contributed by atoms with E-state index in [0.29, 0.717) is 45.0 Å². The molecule has 0 spiro atoms. The van der Waals surface area contributed by atoms with Gasteiger partial charge in [0.1, 0.15) is 11.7 Å². The standard InChI is InChI=1S/C13H21N5O3/c1-10(13(20)21)17-4-6-18(7-5-17)12(19)11-8-16(3-2-14)9-15-11/h8-10H,2-7,14H2,1H3,(H,20,21). The molecule has 1 aliphatic heterocycles. The van der Waals surface area contributed by atoms with Crippen molar-refractivity contribution in [1.29, 1.82) is 0 Å². The minimum atomic E-state index is -0.838. The van der Waals surface area contributed by atoms with E-state index >= 15 is 0 Å². The highest BCUT2D eigenvalue weighted by molar-refractivity contribution is 5.92. The average Bonchev–Trinajstić information content (AvgIpc) is 2.95. The van der Waals surface area contributed by atoms with Crippen LogP contribution in [0.3, 0.4) is 0 Å². The van der Waals surface area contributed by atoms with Crippen LogP contribution in [0.5, 0.6) is 0 Å². The van der Waals surface area contributed by atoms with E-state index in [4.69, 9.17) is 10.8 Å². The zero-order valence-corrected chi connectivity index (χ0v) is 12.1. The molecule has 1 unspecified atom stereocenters. The Morgan fingerprint density at radius 1 is 1.38 bits per heavy atom. The molecule has 1 atom stereocenters. The first-order valence-corrected chi connectivity index (χ1v) is 7.01. The van der Waals surface area contributed by atoms with Crippen molar-refractivity contribution in [3.63, 3.8) is 0 Å². The number of nitrogens with two attached hydrogens (primary N) is 1. The van der Waals surface area contributed by atoms with Crippen molar-refractivity contribution >= 4 is 11.9 Å². The number of imidazole rings is 1. The van der Waals surface area contributed by atoms with Crippen LogP contribution < -0.4 is 5.73 Å². The topological polar surface area (TPSA) is 105 Å². The van der Waals surface area contributed by atoms with E-state index in [0.717, 1.165) is 0 Å². The average molecular weight is 295 g/mol. The largest absolute Gasteiger partial charge is 0.480 e. The van der Waals surface area contributed by atoms with Crippen molar-refractivity contribution in [2.45, 2.75) is 19.5 Å². The Balaban J connectivity index is 1.92. The van der Waals surface area contributed by atoms with Crippen LogP contribution in [0.2, 0.25) is 0 Å². The number of piperazine rings is 1.